The first-order chi connectivity index (χ1) is 8.22. The van der Waals surface area contributed by atoms with E-state index in [1.54, 1.807) is 6.07 Å². The van der Waals surface area contributed by atoms with E-state index in [9.17, 15) is 4.39 Å². The van der Waals surface area contributed by atoms with Crippen molar-refractivity contribution >= 4 is 0 Å². The van der Waals surface area contributed by atoms with Crippen LogP contribution < -0.4 is 0 Å². The molecule has 2 rings (SSSR count). The van der Waals surface area contributed by atoms with Gasteiger partial charge in [-0.05, 0) is 12.1 Å². The SMILES string of the molecule is N#Cc1ccc(Cn2cnc(C#N)n2)c(F)c1. The summed E-state index contributed by atoms with van der Waals surface area (Å²) in [5.41, 5.74) is 0.654. The summed E-state index contributed by atoms with van der Waals surface area (Å²) in [5.74, 6) is -0.433. The predicted molar refractivity (Wildman–Crippen MR) is 55.0 cm³/mol. The molecule has 0 radical (unpaired) electrons. The zero-order valence-corrected chi connectivity index (χ0v) is 8.63. The van der Waals surface area contributed by atoms with Gasteiger partial charge in [-0.1, -0.05) is 6.07 Å². The lowest BCUT2D eigenvalue weighted by molar-refractivity contribution is 0.584. The second-order valence-electron chi connectivity index (χ2n) is 3.30. The second kappa shape index (κ2) is 4.42. The standard InChI is InChI=1S/C11H6FN5/c12-10-3-8(4-13)1-2-9(10)6-17-7-15-11(5-14)16-17/h1-3,7H,6H2. The molecule has 0 spiro atoms. The minimum Gasteiger partial charge on any atom is -0.247 e. The first-order valence-corrected chi connectivity index (χ1v) is 4.71. The third kappa shape index (κ3) is 2.27. The van der Waals surface area contributed by atoms with Crippen LogP contribution in [0.4, 0.5) is 4.39 Å². The first-order valence-electron chi connectivity index (χ1n) is 4.71. The molecule has 17 heavy (non-hydrogen) atoms. The van der Waals surface area contributed by atoms with E-state index >= 15 is 0 Å². The van der Waals surface area contributed by atoms with E-state index in [-0.39, 0.29) is 17.9 Å². The van der Waals surface area contributed by atoms with Crippen LogP contribution >= 0.6 is 0 Å². The molecule has 0 atom stereocenters. The number of halogens is 1. The van der Waals surface area contributed by atoms with Crippen LogP contribution in [0.2, 0.25) is 0 Å². The van der Waals surface area contributed by atoms with Crippen LogP contribution in [0, 0.1) is 28.5 Å². The Hall–Kier alpha value is -2.73. The van der Waals surface area contributed by atoms with Crippen LogP contribution in [0.25, 0.3) is 0 Å². The Morgan fingerprint density at radius 2 is 2.12 bits per heavy atom. The molecule has 0 bridgehead atoms. The molecule has 0 aliphatic rings. The third-order valence-electron chi connectivity index (χ3n) is 2.15. The normalized spacial score (nSPS) is 9.59. The van der Waals surface area contributed by atoms with Gasteiger partial charge < -0.3 is 0 Å². The summed E-state index contributed by atoms with van der Waals surface area (Å²) in [7, 11) is 0. The largest absolute Gasteiger partial charge is 0.252 e. The number of hydrogen-bond acceptors (Lipinski definition) is 4. The molecule has 1 heterocycles. The van der Waals surface area contributed by atoms with Crippen molar-refractivity contribution in [3.63, 3.8) is 0 Å². The van der Waals surface area contributed by atoms with Crippen molar-refractivity contribution in [3.05, 3.63) is 47.3 Å². The average Bonchev–Trinajstić information content (AvgIpc) is 2.79. The molecule has 82 valence electrons. The number of benzene rings is 1. The van der Waals surface area contributed by atoms with Crippen LogP contribution in [0.1, 0.15) is 17.0 Å². The van der Waals surface area contributed by atoms with Crippen LogP contribution in [0.5, 0.6) is 0 Å². The fourth-order valence-corrected chi connectivity index (χ4v) is 1.34. The van der Waals surface area contributed by atoms with Crippen LogP contribution in [-0.2, 0) is 6.54 Å². The van der Waals surface area contributed by atoms with Gasteiger partial charge in [-0.2, -0.15) is 10.5 Å². The molecule has 0 aliphatic carbocycles. The maximum Gasteiger partial charge on any atom is 0.252 e. The number of aromatic nitrogens is 3. The molecule has 1 aromatic heterocycles. The number of hydrogen-bond donors (Lipinski definition) is 0. The van der Waals surface area contributed by atoms with E-state index in [0.717, 1.165) is 6.07 Å². The molecule has 0 unspecified atom stereocenters. The maximum atomic E-state index is 13.5. The summed E-state index contributed by atoms with van der Waals surface area (Å²) in [6, 6.07) is 7.85. The Bertz CT molecular complexity index is 632. The number of rotatable bonds is 2. The van der Waals surface area contributed by atoms with Gasteiger partial charge in [0.05, 0.1) is 18.2 Å². The van der Waals surface area contributed by atoms with Crippen molar-refractivity contribution < 1.29 is 4.39 Å². The molecular weight excluding hydrogens is 221 g/mol. The van der Waals surface area contributed by atoms with Crippen molar-refractivity contribution in [2.45, 2.75) is 6.54 Å². The topological polar surface area (TPSA) is 78.3 Å². The summed E-state index contributed by atoms with van der Waals surface area (Å²) in [6.45, 7) is 0.173. The highest BCUT2D eigenvalue weighted by Gasteiger charge is 2.06. The Kier molecular flexibility index (Phi) is 2.80. The van der Waals surface area contributed by atoms with Crippen molar-refractivity contribution in [1.29, 1.82) is 10.5 Å². The molecule has 0 N–H and O–H groups in total. The Labute approximate surface area is 96.4 Å². The molecule has 5 nitrogen and oxygen atoms in total. The van der Waals surface area contributed by atoms with Crippen molar-refractivity contribution in [1.82, 2.24) is 14.8 Å². The van der Waals surface area contributed by atoms with Crippen LogP contribution in [0.3, 0.4) is 0 Å². The summed E-state index contributed by atoms with van der Waals surface area (Å²) in [5, 5.41) is 21.0. The molecule has 0 aliphatic heterocycles. The Morgan fingerprint density at radius 3 is 2.71 bits per heavy atom. The molecule has 6 heteroatoms. The van der Waals surface area contributed by atoms with Gasteiger partial charge in [-0.3, -0.25) is 0 Å². The smallest absolute Gasteiger partial charge is 0.247 e. The summed E-state index contributed by atoms with van der Waals surface area (Å²) >= 11 is 0. The molecular formula is C11H6FN5. The monoisotopic (exact) mass is 227 g/mol. The van der Waals surface area contributed by atoms with E-state index in [2.05, 4.69) is 10.1 Å². The number of nitrogens with zero attached hydrogens (tertiary/aromatic N) is 5. The van der Waals surface area contributed by atoms with Crippen LogP contribution in [0.15, 0.2) is 24.5 Å². The van der Waals surface area contributed by atoms with Gasteiger partial charge in [-0.25, -0.2) is 14.1 Å². The average molecular weight is 227 g/mol. The van der Waals surface area contributed by atoms with Gasteiger partial charge >= 0.3 is 0 Å². The van der Waals surface area contributed by atoms with E-state index < -0.39 is 5.82 Å². The van der Waals surface area contributed by atoms with E-state index in [0.29, 0.717) is 5.56 Å². The lowest BCUT2D eigenvalue weighted by atomic mass is 10.1. The zero-order valence-electron chi connectivity index (χ0n) is 8.63. The van der Waals surface area contributed by atoms with Gasteiger partial charge in [0.2, 0.25) is 0 Å². The van der Waals surface area contributed by atoms with Gasteiger partial charge in [-0.15, -0.1) is 5.10 Å². The summed E-state index contributed by atoms with van der Waals surface area (Å²) in [6.07, 6.45) is 1.36. The second-order valence-corrected chi connectivity index (χ2v) is 3.30. The quantitative estimate of drug-likeness (QED) is 0.772. The number of nitriles is 2. The maximum absolute atomic E-state index is 13.5. The Balaban J connectivity index is 2.25. The summed E-state index contributed by atoms with van der Waals surface area (Å²) < 4.78 is 14.9. The van der Waals surface area contributed by atoms with Gasteiger partial charge in [0.25, 0.3) is 5.82 Å². The minimum absolute atomic E-state index is 0.0408. The Morgan fingerprint density at radius 1 is 1.29 bits per heavy atom. The highest BCUT2D eigenvalue weighted by Crippen LogP contribution is 2.11. The zero-order chi connectivity index (χ0) is 12.3. The van der Waals surface area contributed by atoms with Gasteiger partial charge in [0.1, 0.15) is 18.2 Å². The van der Waals surface area contributed by atoms with Crippen molar-refractivity contribution in [2.24, 2.45) is 0 Å². The molecule has 0 saturated carbocycles. The molecule has 1 aromatic carbocycles. The first kappa shape index (κ1) is 10.8. The predicted octanol–water partition coefficient (Wildman–Crippen LogP) is 1.21. The highest BCUT2D eigenvalue weighted by atomic mass is 19.1. The third-order valence-corrected chi connectivity index (χ3v) is 2.15. The lowest BCUT2D eigenvalue weighted by Gasteiger charge is -2.02. The van der Waals surface area contributed by atoms with Crippen LogP contribution in [-0.4, -0.2) is 14.8 Å². The van der Waals surface area contributed by atoms with Crippen molar-refractivity contribution in [3.8, 4) is 12.1 Å². The van der Waals surface area contributed by atoms with E-state index in [1.807, 2.05) is 6.07 Å². The lowest BCUT2D eigenvalue weighted by Crippen LogP contribution is -2.03. The van der Waals surface area contributed by atoms with Gasteiger partial charge in [0, 0.05) is 5.56 Å². The fraction of sp³-hybridized carbons (Fsp3) is 0.0909. The van der Waals surface area contributed by atoms with Gasteiger partial charge in [0.15, 0.2) is 0 Å². The van der Waals surface area contributed by atoms with Crippen molar-refractivity contribution in [2.75, 3.05) is 0 Å². The molecule has 0 saturated heterocycles. The molecule has 2 aromatic rings. The summed E-state index contributed by atoms with van der Waals surface area (Å²) in [4.78, 5) is 3.71. The van der Waals surface area contributed by atoms with E-state index in [4.69, 9.17) is 10.5 Å². The molecule has 0 fully saturated rings. The molecule has 0 amide bonds. The minimum atomic E-state index is -0.474. The highest BCUT2D eigenvalue weighted by molar-refractivity contribution is 5.32. The fourth-order valence-electron chi connectivity index (χ4n) is 1.34. The van der Waals surface area contributed by atoms with E-state index in [1.165, 1.54) is 23.1 Å².